The predicted molar refractivity (Wildman–Crippen MR) is 82.9 cm³/mol. The predicted octanol–water partition coefficient (Wildman–Crippen LogP) is 4.65. The van der Waals surface area contributed by atoms with Gasteiger partial charge in [-0.15, -0.1) is 0 Å². The van der Waals surface area contributed by atoms with Gasteiger partial charge in [0.05, 0.1) is 12.7 Å². The Morgan fingerprint density at radius 3 is 2.48 bits per heavy atom. The highest BCUT2D eigenvalue weighted by Gasteiger charge is 2.41. The maximum atomic E-state index is 14.4. The molecule has 0 unspecified atom stereocenters. The average Bonchev–Trinajstić information content (AvgIpc) is 2.48. The Morgan fingerprint density at radius 1 is 1.33 bits per heavy atom. The Balaban J connectivity index is 2.20. The Labute approximate surface area is 127 Å². The van der Waals surface area contributed by atoms with Gasteiger partial charge in [-0.3, -0.25) is 0 Å². The summed E-state index contributed by atoms with van der Waals surface area (Å²) in [6, 6.07) is 5.02. The van der Waals surface area contributed by atoms with Gasteiger partial charge in [0.25, 0.3) is 0 Å². The third kappa shape index (κ3) is 3.08. The molecule has 2 rings (SSSR count). The van der Waals surface area contributed by atoms with Crippen LogP contribution in [0.3, 0.4) is 0 Å². The first-order chi connectivity index (χ1) is 9.84. The molecule has 2 nitrogen and oxygen atoms in total. The van der Waals surface area contributed by atoms with Gasteiger partial charge in [0, 0.05) is 5.56 Å². The van der Waals surface area contributed by atoms with Crippen molar-refractivity contribution in [2.24, 2.45) is 11.3 Å². The monoisotopic (exact) mass is 294 g/mol. The standard InChI is InChI=1S/C18H27FO2/c1-5-17(2,3)13-9-11-18(20,12-10-13)14-7-6-8-15(21-4)16(14)19/h6-8,13,20H,5,9-12H2,1-4H3. The summed E-state index contributed by atoms with van der Waals surface area (Å²) in [6.07, 6.45) is 4.24. The maximum Gasteiger partial charge on any atom is 0.171 e. The molecule has 0 bridgehead atoms. The minimum Gasteiger partial charge on any atom is -0.494 e. The second-order valence-corrected chi connectivity index (χ2v) is 6.97. The zero-order chi connectivity index (χ0) is 15.7. The maximum absolute atomic E-state index is 14.4. The Bertz CT molecular complexity index is 488. The van der Waals surface area contributed by atoms with E-state index in [4.69, 9.17) is 4.74 Å². The lowest BCUT2D eigenvalue weighted by molar-refractivity contribution is -0.0354. The van der Waals surface area contributed by atoms with Crippen LogP contribution in [-0.2, 0) is 5.60 Å². The van der Waals surface area contributed by atoms with Gasteiger partial charge in [-0.25, -0.2) is 4.39 Å². The van der Waals surface area contributed by atoms with Gasteiger partial charge in [0.1, 0.15) is 0 Å². The number of ether oxygens (including phenoxy) is 1. The smallest absolute Gasteiger partial charge is 0.171 e. The third-order valence-corrected chi connectivity index (χ3v) is 5.51. The summed E-state index contributed by atoms with van der Waals surface area (Å²) in [7, 11) is 1.45. The second kappa shape index (κ2) is 5.96. The summed E-state index contributed by atoms with van der Waals surface area (Å²) in [5, 5.41) is 10.9. The van der Waals surface area contributed by atoms with Crippen LogP contribution in [0.4, 0.5) is 4.39 Å². The van der Waals surface area contributed by atoms with E-state index < -0.39 is 11.4 Å². The van der Waals surface area contributed by atoms with Crippen LogP contribution in [0.15, 0.2) is 18.2 Å². The normalized spacial score (nSPS) is 26.7. The van der Waals surface area contributed by atoms with Gasteiger partial charge in [-0.2, -0.15) is 0 Å². The van der Waals surface area contributed by atoms with E-state index in [9.17, 15) is 9.50 Å². The van der Waals surface area contributed by atoms with Crippen molar-refractivity contribution in [3.05, 3.63) is 29.6 Å². The zero-order valence-electron chi connectivity index (χ0n) is 13.6. The lowest BCUT2D eigenvalue weighted by Gasteiger charge is -2.42. The first-order valence-corrected chi connectivity index (χ1v) is 7.89. The molecule has 118 valence electrons. The number of rotatable bonds is 4. The lowest BCUT2D eigenvalue weighted by Crippen LogP contribution is -2.36. The largest absolute Gasteiger partial charge is 0.494 e. The van der Waals surface area contributed by atoms with Crippen LogP contribution >= 0.6 is 0 Å². The molecular weight excluding hydrogens is 267 g/mol. The van der Waals surface area contributed by atoms with E-state index in [-0.39, 0.29) is 11.2 Å². The number of halogens is 1. The molecule has 0 saturated heterocycles. The van der Waals surface area contributed by atoms with Crippen molar-refractivity contribution < 1.29 is 14.2 Å². The van der Waals surface area contributed by atoms with Crippen molar-refractivity contribution >= 4 is 0 Å². The SMILES string of the molecule is CCC(C)(C)C1CCC(O)(c2cccc(OC)c2F)CC1. The number of hydrogen-bond donors (Lipinski definition) is 1. The fraction of sp³-hybridized carbons (Fsp3) is 0.667. The molecule has 1 aromatic carbocycles. The van der Waals surface area contributed by atoms with Crippen LogP contribution in [0.2, 0.25) is 0 Å². The topological polar surface area (TPSA) is 29.5 Å². The molecule has 0 aromatic heterocycles. The van der Waals surface area contributed by atoms with Crippen molar-refractivity contribution in [2.45, 2.75) is 58.5 Å². The molecule has 1 aromatic rings. The van der Waals surface area contributed by atoms with Crippen molar-refractivity contribution in [2.75, 3.05) is 7.11 Å². The minimum absolute atomic E-state index is 0.205. The fourth-order valence-corrected chi connectivity index (χ4v) is 3.46. The van der Waals surface area contributed by atoms with Crippen LogP contribution in [0, 0.1) is 17.2 Å². The molecule has 0 spiro atoms. The van der Waals surface area contributed by atoms with E-state index in [1.54, 1.807) is 18.2 Å². The highest BCUT2D eigenvalue weighted by atomic mass is 19.1. The second-order valence-electron chi connectivity index (χ2n) is 6.97. The molecule has 1 saturated carbocycles. The highest BCUT2D eigenvalue weighted by molar-refractivity contribution is 5.35. The van der Waals surface area contributed by atoms with Gasteiger partial charge in [-0.05, 0) is 43.1 Å². The molecule has 21 heavy (non-hydrogen) atoms. The molecule has 1 aliphatic rings. The van der Waals surface area contributed by atoms with Crippen molar-refractivity contribution in [1.82, 2.24) is 0 Å². The zero-order valence-corrected chi connectivity index (χ0v) is 13.6. The number of aliphatic hydroxyl groups is 1. The quantitative estimate of drug-likeness (QED) is 0.876. The number of hydrogen-bond acceptors (Lipinski definition) is 2. The van der Waals surface area contributed by atoms with E-state index >= 15 is 0 Å². The summed E-state index contributed by atoms with van der Waals surface area (Å²) in [6.45, 7) is 6.78. The molecule has 0 heterocycles. The van der Waals surface area contributed by atoms with Crippen LogP contribution in [0.1, 0.15) is 58.4 Å². The Hall–Kier alpha value is -1.09. The molecule has 1 fully saturated rings. The molecular formula is C18H27FO2. The molecule has 0 aliphatic heterocycles. The summed E-state index contributed by atoms with van der Waals surface area (Å²) in [4.78, 5) is 0. The average molecular weight is 294 g/mol. The summed E-state index contributed by atoms with van der Waals surface area (Å²) >= 11 is 0. The fourth-order valence-electron chi connectivity index (χ4n) is 3.46. The summed E-state index contributed by atoms with van der Waals surface area (Å²) in [5.74, 6) is 0.379. The van der Waals surface area contributed by atoms with E-state index in [1.165, 1.54) is 7.11 Å². The van der Waals surface area contributed by atoms with E-state index in [0.29, 0.717) is 24.3 Å². The van der Waals surface area contributed by atoms with Gasteiger partial charge in [0.2, 0.25) is 0 Å². The molecule has 1 aliphatic carbocycles. The third-order valence-electron chi connectivity index (χ3n) is 5.51. The molecule has 0 amide bonds. The minimum atomic E-state index is -1.06. The van der Waals surface area contributed by atoms with Crippen LogP contribution in [-0.4, -0.2) is 12.2 Å². The molecule has 0 atom stereocenters. The van der Waals surface area contributed by atoms with Crippen molar-refractivity contribution in [1.29, 1.82) is 0 Å². The van der Waals surface area contributed by atoms with E-state index in [1.807, 2.05) is 0 Å². The highest BCUT2D eigenvalue weighted by Crippen LogP contribution is 2.47. The van der Waals surface area contributed by atoms with E-state index in [0.717, 1.165) is 19.3 Å². The number of methoxy groups -OCH3 is 1. The number of benzene rings is 1. The Kier molecular flexibility index (Phi) is 4.62. The lowest BCUT2D eigenvalue weighted by atomic mass is 9.65. The molecule has 0 radical (unpaired) electrons. The first kappa shape index (κ1) is 16.3. The van der Waals surface area contributed by atoms with Crippen LogP contribution in [0.5, 0.6) is 5.75 Å². The van der Waals surface area contributed by atoms with Crippen LogP contribution in [0.25, 0.3) is 0 Å². The van der Waals surface area contributed by atoms with Crippen LogP contribution < -0.4 is 4.74 Å². The van der Waals surface area contributed by atoms with Gasteiger partial charge in [-0.1, -0.05) is 39.3 Å². The van der Waals surface area contributed by atoms with E-state index in [2.05, 4.69) is 20.8 Å². The van der Waals surface area contributed by atoms with Gasteiger partial charge < -0.3 is 9.84 Å². The van der Waals surface area contributed by atoms with Gasteiger partial charge >= 0.3 is 0 Å². The Morgan fingerprint density at radius 2 is 1.95 bits per heavy atom. The molecule has 3 heteroatoms. The van der Waals surface area contributed by atoms with Crippen molar-refractivity contribution in [3.63, 3.8) is 0 Å². The molecule has 1 N–H and O–H groups in total. The summed E-state index contributed by atoms with van der Waals surface area (Å²) in [5.41, 5.74) is -0.387. The first-order valence-electron chi connectivity index (χ1n) is 7.89. The van der Waals surface area contributed by atoms with Crippen molar-refractivity contribution in [3.8, 4) is 5.75 Å². The summed E-state index contributed by atoms with van der Waals surface area (Å²) < 4.78 is 19.4. The van der Waals surface area contributed by atoms with Gasteiger partial charge in [0.15, 0.2) is 11.6 Å².